The quantitative estimate of drug-likeness (QED) is 0.810. The third-order valence-corrected chi connectivity index (χ3v) is 5.35. The average Bonchev–Trinajstić information content (AvgIpc) is 2.74. The summed E-state index contributed by atoms with van der Waals surface area (Å²) >= 11 is 5.93. The molecule has 30 heavy (non-hydrogen) atoms. The van der Waals surface area contributed by atoms with Crippen molar-refractivity contribution in [1.82, 2.24) is 20.3 Å². The maximum Gasteiger partial charge on any atom is 0.271 e. The van der Waals surface area contributed by atoms with Gasteiger partial charge < -0.3 is 9.80 Å². The molecule has 1 aromatic heterocycles. The van der Waals surface area contributed by atoms with E-state index in [1.807, 2.05) is 19.9 Å². The van der Waals surface area contributed by atoms with Crippen LogP contribution in [0.3, 0.4) is 0 Å². The fraction of sp³-hybridized carbons (Fsp3) is 0.333. The smallest absolute Gasteiger partial charge is 0.271 e. The second-order valence-corrected chi connectivity index (χ2v) is 7.81. The van der Waals surface area contributed by atoms with Crippen molar-refractivity contribution < 1.29 is 9.59 Å². The first-order chi connectivity index (χ1) is 14.4. The third kappa shape index (κ3) is 4.23. The molecule has 0 saturated carbocycles. The van der Waals surface area contributed by atoms with Gasteiger partial charge >= 0.3 is 0 Å². The van der Waals surface area contributed by atoms with Crippen molar-refractivity contribution in [2.45, 2.75) is 20.3 Å². The lowest BCUT2D eigenvalue weighted by molar-refractivity contribution is -0.128. The van der Waals surface area contributed by atoms with Crippen LogP contribution in [0.2, 0.25) is 5.02 Å². The fourth-order valence-electron chi connectivity index (χ4n) is 3.57. The molecule has 0 radical (unpaired) electrons. The maximum atomic E-state index is 13.0. The zero-order valence-electron chi connectivity index (χ0n) is 16.9. The highest BCUT2D eigenvalue weighted by Gasteiger charge is 2.29. The minimum absolute atomic E-state index is 0.123. The highest BCUT2D eigenvalue weighted by molar-refractivity contribution is 6.30. The molecule has 0 atom stereocenters. The number of aryl methyl sites for hydroxylation is 2. The molecule has 0 bridgehead atoms. The Hall–Kier alpha value is -3.13. The largest absolute Gasteiger partial charge is 0.337 e. The summed E-state index contributed by atoms with van der Waals surface area (Å²) in [5.41, 5.74) is 5.87. The minimum atomic E-state index is -0.134. The van der Waals surface area contributed by atoms with Gasteiger partial charge in [0.05, 0.1) is 5.69 Å². The Morgan fingerprint density at radius 2 is 1.67 bits per heavy atom. The number of benzene rings is 1. The SMILES string of the molecule is Cc1cc(C)nc(N2CCN(C(=O)C3=CCC(=O)N(c4ccc(Cl)cc4)N3)CC2)n1. The Kier molecular flexibility index (Phi) is 5.59. The number of hydrogen-bond acceptors (Lipinski definition) is 6. The lowest BCUT2D eigenvalue weighted by atomic mass is 10.2. The van der Waals surface area contributed by atoms with Crippen molar-refractivity contribution in [1.29, 1.82) is 0 Å². The predicted octanol–water partition coefficient (Wildman–Crippen LogP) is 2.22. The van der Waals surface area contributed by atoms with E-state index in [0.29, 0.717) is 48.5 Å². The van der Waals surface area contributed by atoms with Crippen LogP contribution in [0.4, 0.5) is 11.6 Å². The molecule has 8 nitrogen and oxygen atoms in total. The van der Waals surface area contributed by atoms with Gasteiger partial charge in [-0.05, 0) is 50.3 Å². The Labute approximate surface area is 180 Å². The summed E-state index contributed by atoms with van der Waals surface area (Å²) in [4.78, 5) is 38.2. The Balaban J connectivity index is 1.41. The van der Waals surface area contributed by atoms with E-state index in [4.69, 9.17) is 11.6 Å². The van der Waals surface area contributed by atoms with Crippen molar-refractivity contribution in [3.8, 4) is 0 Å². The van der Waals surface area contributed by atoms with Gasteiger partial charge in [0.1, 0.15) is 5.70 Å². The van der Waals surface area contributed by atoms with E-state index in [0.717, 1.165) is 11.4 Å². The predicted molar refractivity (Wildman–Crippen MR) is 115 cm³/mol. The summed E-state index contributed by atoms with van der Waals surface area (Å²) in [5, 5.41) is 1.98. The van der Waals surface area contributed by atoms with Crippen molar-refractivity contribution in [3.05, 3.63) is 58.5 Å². The number of anilines is 2. The average molecular weight is 427 g/mol. The zero-order valence-corrected chi connectivity index (χ0v) is 17.7. The summed E-state index contributed by atoms with van der Waals surface area (Å²) in [6, 6.07) is 8.84. The third-order valence-electron chi connectivity index (χ3n) is 5.10. The number of piperazine rings is 1. The van der Waals surface area contributed by atoms with E-state index >= 15 is 0 Å². The summed E-state index contributed by atoms with van der Waals surface area (Å²) in [7, 11) is 0. The molecule has 1 fully saturated rings. The molecule has 2 aliphatic heterocycles. The van der Waals surface area contributed by atoms with Crippen LogP contribution in [0.15, 0.2) is 42.1 Å². The van der Waals surface area contributed by atoms with Crippen LogP contribution in [0.5, 0.6) is 0 Å². The molecule has 1 aromatic carbocycles. The summed E-state index contributed by atoms with van der Waals surface area (Å²) in [5.74, 6) is 0.447. The first-order valence-corrected chi connectivity index (χ1v) is 10.2. The molecule has 3 heterocycles. The number of amides is 2. The topological polar surface area (TPSA) is 81.7 Å². The van der Waals surface area contributed by atoms with Gasteiger partial charge in [-0.15, -0.1) is 0 Å². The van der Waals surface area contributed by atoms with Gasteiger partial charge in [-0.2, -0.15) is 0 Å². The van der Waals surface area contributed by atoms with Gasteiger partial charge in [-0.3, -0.25) is 15.0 Å². The van der Waals surface area contributed by atoms with Crippen LogP contribution in [-0.4, -0.2) is 52.9 Å². The Morgan fingerprint density at radius 3 is 2.30 bits per heavy atom. The monoisotopic (exact) mass is 426 g/mol. The van der Waals surface area contributed by atoms with Crippen molar-refractivity contribution in [2.75, 3.05) is 36.1 Å². The standard InChI is InChI=1S/C21H23ClN6O2/c1-14-13-15(2)24-21(23-14)27-11-9-26(10-12-27)20(30)18-7-8-19(29)28(25-18)17-5-3-16(22)4-6-17/h3-7,13,25H,8-12H2,1-2H3. The number of rotatable bonds is 3. The Bertz CT molecular complexity index is 979. The first-order valence-electron chi connectivity index (χ1n) is 9.82. The molecule has 4 rings (SSSR count). The van der Waals surface area contributed by atoms with Crippen molar-refractivity contribution in [3.63, 3.8) is 0 Å². The Morgan fingerprint density at radius 1 is 1.03 bits per heavy atom. The second kappa shape index (κ2) is 8.31. The van der Waals surface area contributed by atoms with Crippen LogP contribution in [0, 0.1) is 13.8 Å². The molecule has 9 heteroatoms. The van der Waals surface area contributed by atoms with Gasteiger partial charge in [0.25, 0.3) is 5.91 Å². The summed E-state index contributed by atoms with van der Waals surface area (Å²) < 4.78 is 0. The summed E-state index contributed by atoms with van der Waals surface area (Å²) in [6.45, 7) is 6.33. The summed E-state index contributed by atoms with van der Waals surface area (Å²) in [6.07, 6.45) is 1.81. The number of halogens is 1. The zero-order chi connectivity index (χ0) is 21.3. The molecule has 0 aliphatic carbocycles. The molecule has 0 spiro atoms. The highest BCUT2D eigenvalue weighted by Crippen LogP contribution is 2.21. The van der Waals surface area contributed by atoms with Gasteiger partial charge in [0, 0.05) is 49.0 Å². The van der Waals surface area contributed by atoms with E-state index in [1.165, 1.54) is 5.01 Å². The molecule has 2 aromatic rings. The van der Waals surface area contributed by atoms with E-state index in [1.54, 1.807) is 35.2 Å². The number of hydrogen-bond donors (Lipinski definition) is 1. The molecular weight excluding hydrogens is 404 g/mol. The van der Waals surface area contributed by atoms with Crippen LogP contribution in [0.25, 0.3) is 0 Å². The number of nitrogens with zero attached hydrogens (tertiary/aromatic N) is 5. The fourth-order valence-corrected chi connectivity index (χ4v) is 3.70. The first kappa shape index (κ1) is 20.2. The molecule has 0 unspecified atom stereocenters. The van der Waals surface area contributed by atoms with Crippen molar-refractivity contribution in [2.24, 2.45) is 0 Å². The molecule has 1 saturated heterocycles. The van der Waals surface area contributed by atoms with E-state index in [-0.39, 0.29) is 18.2 Å². The highest BCUT2D eigenvalue weighted by atomic mass is 35.5. The van der Waals surface area contributed by atoms with E-state index in [9.17, 15) is 9.59 Å². The molecular formula is C21H23ClN6O2. The van der Waals surface area contributed by atoms with Gasteiger partial charge in [-0.25, -0.2) is 15.0 Å². The maximum absolute atomic E-state index is 13.0. The van der Waals surface area contributed by atoms with Crippen LogP contribution in [-0.2, 0) is 9.59 Å². The van der Waals surface area contributed by atoms with Crippen LogP contribution >= 0.6 is 11.6 Å². The van der Waals surface area contributed by atoms with Crippen LogP contribution < -0.4 is 15.3 Å². The van der Waals surface area contributed by atoms with Gasteiger partial charge in [-0.1, -0.05) is 11.6 Å². The molecule has 2 amide bonds. The van der Waals surface area contributed by atoms with Crippen LogP contribution in [0.1, 0.15) is 17.8 Å². The van der Waals surface area contributed by atoms with Gasteiger partial charge in [0.2, 0.25) is 11.9 Å². The number of nitrogens with one attached hydrogen (secondary N) is 1. The number of hydrazine groups is 1. The second-order valence-electron chi connectivity index (χ2n) is 7.37. The molecule has 156 valence electrons. The molecule has 1 N–H and O–H groups in total. The molecule has 2 aliphatic rings. The van der Waals surface area contributed by atoms with Gasteiger partial charge in [0.15, 0.2) is 0 Å². The van der Waals surface area contributed by atoms with E-state index in [2.05, 4.69) is 20.3 Å². The van der Waals surface area contributed by atoms with Crippen molar-refractivity contribution >= 4 is 35.1 Å². The normalized spacial score (nSPS) is 17.0. The minimum Gasteiger partial charge on any atom is -0.337 e. The lowest BCUT2D eigenvalue weighted by Gasteiger charge is -2.36. The number of aromatic nitrogens is 2. The number of carbonyl (C=O) groups is 2. The van der Waals surface area contributed by atoms with E-state index < -0.39 is 0 Å². The lowest BCUT2D eigenvalue weighted by Crippen LogP contribution is -2.54. The number of carbonyl (C=O) groups excluding carboxylic acids is 2.